The number of esters is 1. The number of alkyl halides is 3. The van der Waals surface area contributed by atoms with E-state index in [0.29, 0.717) is 11.4 Å². The highest BCUT2D eigenvalue weighted by molar-refractivity contribution is 5.95. The Bertz CT molecular complexity index is 805. The fraction of sp³-hybridized carbons (Fsp3) is 0.316. The van der Waals surface area contributed by atoms with Gasteiger partial charge in [-0.15, -0.1) is 0 Å². The van der Waals surface area contributed by atoms with Crippen LogP contribution < -0.4 is 4.74 Å². The number of nitrogens with zero attached hydrogens (tertiary/aromatic N) is 2. The highest BCUT2D eigenvalue weighted by Gasteiger charge is 2.30. The molecule has 0 radical (unpaired) electrons. The van der Waals surface area contributed by atoms with Crippen molar-refractivity contribution in [3.63, 3.8) is 0 Å². The molecule has 1 aromatic heterocycles. The lowest BCUT2D eigenvalue weighted by Crippen LogP contribution is -2.36. The number of aromatic nitrogens is 1. The molecule has 0 bridgehead atoms. The van der Waals surface area contributed by atoms with Gasteiger partial charge in [-0.1, -0.05) is 12.1 Å². The van der Waals surface area contributed by atoms with Crippen LogP contribution >= 0.6 is 0 Å². The van der Waals surface area contributed by atoms with Crippen LogP contribution in [-0.4, -0.2) is 42.0 Å². The molecule has 0 aliphatic heterocycles. The maximum Gasteiger partial charge on any atom is 0.416 e. The molecule has 0 spiro atoms. The fourth-order valence-corrected chi connectivity index (χ4v) is 2.39. The van der Waals surface area contributed by atoms with E-state index in [2.05, 4.69) is 4.98 Å². The molecule has 28 heavy (non-hydrogen) atoms. The molecule has 9 heteroatoms. The van der Waals surface area contributed by atoms with Crippen molar-refractivity contribution in [1.82, 2.24) is 9.88 Å². The number of amides is 1. The van der Waals surface area contributed by atoms with E-state index in [4.69, 9.17) is 9.47 Å². The van der Waals surface area contributed by atoms with E-state index in [9.17, 15) is 22.8 Å². The SMILES string of the molecule is CCOC(=O)CN(Cc1ccc(C(F)(F)F)cc1)C(=O)c1ccc(OC)nc1. The van der Waals surface area contributed by atoms with Crippen molar-refractivity contribution in [3.8, 4) is 5.88 Å². The average molecular weight is 396 g/mol. The van der Waals surface area contributed by atoms with Crippen molar-refractivity contribution < 1.29 is 32.2 Å². The number of hydrogen-bond donors (Lipinski definition) is 0. The molecule has 0 saturated carbocycles. The first-order valence-electron chi connectivity index (χ1n) is 8.35. The zero-order valence-corrected chi connectivity index (χ0v) is 15.3. The van der Waals surface area contributed by atoms with Gasteiger partial charge in [0.2, 0.25) is 5.88 Å². The highest BCUT2D eigenvalue weighted by Crippen LogP contribution is 2.29. The minimum Gasteiger partial charge on any atom is -0.481 e. The van der Waals surface area contributed by atoms with E-state index in [-0.39, 0.29) is 25.3 Å². The van der Waals surface area contributed by atoms with E-state index >= 15 is 0 Å². The third kappa shape index (κ3) is 5.70. The molecule has 0 aliphatic rings. The van der Waals surface area contributed by atoms with Crippen molar-refractivity contribution in [2.45, 2.75) is 19.6 Å². The zero-order chi connectivity index (χ0) is 20.7. The van der Waals surface area contributed by atoms with Gasteiger partial charge in [0.15, 0.2) is 0 Å². The molecule has 1 heterocycles. The molecule has 0 fully saturated rings. The Morgan fingerprint density at radius 1 is 1.11 bits per heavy atom. The van der Waals surface area contributed by atoms with E-state index in [1.807, 2.05) is 0 Å². The van der Waals surface area contributed by atoms with Crippen LogP contribution in [0.3, 0.4) is 0 Å². The lowest BCUT2D eigenvalue weighted by atomic mass is 10.1. The Balaban J connectivity index is 2.22. The molecule has 150 valence electrons. The molecule has 1 amide bonds. The molecular formula is C19H19F3N2O4. The van der Waals surface area contributed by atoms with E-state index < -0.39 is 23.6 Å². The van der Waals surface area contributed by atoms with Crippen LogP contribution in [0.5, 0.6) is 5.88 Å². The molecule has 0 saturated heterocycles. The normalized spacial score (nSPS) is 11.0. The van der Waals surface area contributed by atoms with Crippen molar-refractivity contribution in [2.24, 2.45) is 0 Å². The Labute approximate surface area is 159 Å². The molecule has 0 unspecified atom stereocenters. The van der Waals surface area contributed by atoms with Gasteiger partial charge in [0, 0.05) is 18.8 Å². The predicted molar refractivity (Wildman–Crippen MR) is 93.6 cm³/mol. The zero-order valence-electron chi connectivity index (χ0n) is 15.3. The van der Waals surface area contributed by atoms with Gasteiger partial charge in [-0.25, -0.2) is 4.98 Å². The minimum absolute atomic E-state index is 0.0676. The largest absolute Gasteiger partial charge is 0.481 e. The minimum atomic E-state index is -4.45. The number of methoxy groups -OCH3 is 1. The van der Waals surface area contributed by atoms with Crippen LogP contribution in [0.1, 0.15) is 28.4 Å². The topological polar surface area (TPSA) is 68.7 Å². The quantitative estimate of drug-likeness (QED) is 0.672. The van der Waals surface area contributed by atoms with Crippen molar-refractivity contribution in [2.75, 3.05) is 20.3 Å². The number of ether oxygens (including phenoxy) is 2. The summed E-state index contributed by atoms with van der Waals surface area (Å²) in [6.45, 7) is 1.36. The predicted octanol–water partition coefficient (Wildman–Crippen LogP) is 3.31. The summed E-state index contributed by atoms with van der Waals surface area (Å²) in [6, 6.07) is 7.36. The average Bonchev–Trinajstić information content (AvgIpc) is 2.67. The number of benzene rings is 1. The number of halogens is 3. The van der Waals surface area contributed by atoms with Crippen LogP contribution in [0.2, 0.25) is 0 Å². The summed E-state index contributed by atoms with van der Waals surface area (Å²) >= 11 is 0. The molecule has 0 atom stereocenters. The summed E-state index contributed by atoms with van der Waals surface area (Å²) in [5.41, 5.74) is -0.150. The molecule has 1 aromatic carbocycles. The van der Waals surface area contributed by atoms with Crippen LogP contribution in [0.4, 0.5) is 13.2 Å². The van der Waals surface area contributed by atoms with Crippen LogP contribution in [0, 0.1) is 0 Å². The van der Waals surface area contributed by atoms with Gasteiger partial charge in [-0.2, -0.15) is 13.2 Å². The molecule has 6 nitrogen and oxygen atoms in total. The Morgan fingerprint density at radius 3 is 2.29 bits per heavy atom. The molecule has 0 aliphatic carbocycles. The van der Waals surface area contributed by atoms with Gasteiger partial charge in [0.1, 0.15) is 6.54 Å². The molecular weight excluding hydrogens is 377 g/mol. The van der Waals surface area contributed by atoms with Gasteiger partial charge in [0.05, 0.1) is 24.8 Å². The number of carbonyl (C=O) groups is 2. The summed E-state index contributed by atoms with van der Waals surface area (Å²) in [5.74, 6) is -0.816. The summed E-state index contributed by atoms with van der Waals surface area (Å²) in [6.07, 6.45) is -3.15. The van der Waals surface area contributed by atoms with Crippen LogP contribution in [-0.2, 0) is 22.3 Å². The maximum atomic E-state index is 12.8. The fourth-order valence-electron chi connectivity index (χ4n) is 2.39. The summed E-state index contributed by atoms with van der Waals surface area (Å²) in [7, 11) is 1.43. The molecule has 2 aromatic rings. The maximum absolute atomic E-state index is 12.8. The van der Waals surface area contributed by atoms with Crippen molar-refractivity contribution >= 4 is 11.9 Å². The van der Waals surface area contributed by atoms with Gasteiger partial charge < -0.3 is 14.4 Å². The Kier molecular flexibility index (Phi) is 6.97. The number of carbonyl (C=O) groups excluding carboxylic acids is 2. The first-order chi connectivity index (χ1) is 13.2. The van der Waals surface area contributed by atoms with E-state index in [1.54, 1.807) is 6.92 Å². The summed E-state index contributed by atoms with van der Waals surface area (Å²) in [4.78, 5) is 29.8. The lowest BCUT2D eigenvalue weighted by molar-refractivity contribution is -0.144. The standard InChI is InChI=1S/C19H19F3N2O4/c1-3-28-17(25)12-24(18(26)14-6-9-16(27-2)23-10-14)11-13-4-7-15(8-5-13)19(20,21)22/h4-10H,3,11-12H2,1-2H3. The smallest absolute Gasteiger partial charge is 0.416 e. The first kappa shape index (κ1) is 21.2. The van der Waals surface area contributed by atoms with Crippen LogP contribution in [0.15, 0.2) is 42.6 Å². The first-order valence-corrected chi connectivity index (χ1v) is 8.35. The van der Waals surface area contributed by atoms with Gasteiger partial charge in [-0.05, 0) is 30.7 Å². The summed E-state index contributed by atoms with van der Waals surface area (Å²) in [5, 5.41) is 0. The second-order valence-electron chi connectivity index (χ2n) is 5.75. The summed E-state index contributed by atoms with van der Waals surface area (Å²) < 4.78 is 47.9. The Hall–Kier alpha value is -3.10. The van der Waals surface area contributed by atoms with Crippen molar-refractivity contribution in [3.05, 3.63) is 59.3 Å². The van der Waals surface area contributed by atoms with E-state index in [1.165, 1.54) is 42.5 Å². The van der Waals surface area contributed by atoms with E-state index in [0.717, 1.165) is 12.1 Å². The number of hydrogen-bond acceptors (Lipinski definition) is 5. The lowest BCUT2D eigenvalue weighted by Gasteiger charge is -2.22. The molecule has 2 rings (SSSR count). The molecule has 0 N–H and O–H groups in total. The third-order valence-electron chi connectivity index (χ3n) is 3.76. The second-order valence-corrected chi connectivity index (χ2v) is 5.75. The highest BCUT2D eigenvalue weighted by atomic mass is 19.4. The van der Waals surface area contributed by atoms with Gasteiger partial charge in [-0.3, -0.25) is 9.59 Å². The third-order valence-corrected chi connectivity index (χ3v) is 3.76. The van der Waals surface area contributed by atoms with Gasteiger partial charge in [0.25, 0.3) is 5.91 Å². The van der Waals surface area contributed by atoms with Crippen LogP contribution in [0.25, 0.3) is 0 Å². The Morgan fingerprint density at radius 2 is 1.79 bits per heavy atom. The monoisotopic (exact) mass is 396 g/mol. The second kappa shape index (κ2) is 9.20. The van der Waals surface area contributed by atoms with Gasteiger partial charge >= 0.3 is 12.1 Å². The van der Waals surface area contributed by atoms with Crippen molar-refractivity contribution in [1.29, 1.82) is 0 Å². The number of pyridine rings is 1. The number of rotatable bonds is 7.